The van der Waals surface area contributed by atoms with E-state index in [-0.39, 0.29) is 0 Å². The third kappa shape index (κ3) is 2.53. The van der Waals surface area contributed by atoms with Gasteiger partial charge < -0.3 is 4.57 Å². The lowest BCUT2D eigenvalue weighted by Gasteiger charge is -2.17. The maximum absolute atomic E-state index is 2.47. The molecule has 0 aliphatic heterocycles. The number of nitrogens with zero attached hydrogens (tertiary/aromatic N) is 1. The van der Waals surface area contributed by atoms with Crippen LogP contribution in [0.1, 0.15) is 13.3 Å². The zero-order valence-corrected chi connectivity index (χ0v) is 17.1. The average Bonchev–Trinajstić information content (AvgIpc) is 3.36. The summed E-state index contributed by atoms with van der Waals surface area (Å²) in [4.78, 5) is 0. The highest BCUT2D eigenvalue weighted by Crippen LogP contribution is 2.41. The van der Waals surface area contributed by atoms with Crippen LogP contribution in [0.2, 0.25) is 0 Å². The van der Waals surface area contributed by atoms with Crippen LogP contribution in [0.4, 0.5) is 0 Å². The van der Waals surface area contributed by atoms with E-state index in [0.717, 1.165) is 6.42 Å². The number of para-hydroxylation sites is 2. The van der Waals surface area contributed by atoms with E-state index in [1.165, 1.54) is 48.7 Å². The molecule has 1 atom stereocenters. The predicted octanol–water partition coefficient (Wildman–Crippen LogP) is 8.11. The number of aromatic nitrogens is 1. The Morgan fingerprint density at radius 2 is 1.69 bits per heavy atom. The molecule has 0 fully saturated rings. The molecular weight excluding hydrogens is 370 g/mol. The smallest absolute Gasteiger partial charge is 0.0619 e. The molecule has 1 nitrogen and oxygen atoms in total. The number of hydrogen-bond donors (Lipinski definition) is 0. The Bertz CT molecular complexity index is 1440. The van der Waals surface area contributed by atoms with E-state index < -0.39 is 0 Å². The molecule has 140 valence electrons. The first-order valence-electron chi connectivity index (χ1n) is 10.2. The Morgan fingerprint density at radius 1 is 0.862 bits per heavy atom. The summed E-state index contributed by atoms with van der Waals surface area (Å²) in [6, 6.07) is 24.4. The van der Waals surface area contributed by atoms with Crippen LogP contribution in [0.3, 0.4) is 0 Å². The van der Waals surface area contributed by atoms with Gasteiger partial charge in [-0.15, -0.1) is 11.3 Å². The van der Waals surface area contributed by atoms with E-state index >= 15 is 0 Å². The molecule has 0 saturated carbocycles. The van der Waals surface area contributed by atoms with E-state index in [4.69, 9.17) is 0 Å². The van der Waals surface area contributed by atoms with Gasteiger partial charge in [-0.2, -0.15) is 0 Å². The van der Waals surface area contributed by atoms with Gasteiger partial charge >= 0.3 is 0 Å². The third-order valence-electron chi connectivity index (χ3n) is 5.97. The molecule has 1 unspecified atom stereocenters. The monoisotopic (exact) mass is 391 g/mol. The van der Waals surface area contributed by atoms with Gasteiger partial charge in [0.15, 0.2) is 0 Å². The molecule has 2 heterocycles. The van der Waals surface area contributed by atoms with Gasteiger partial charge in [0.05, 0.1) is 11.0 Å². The van der Waals surface area contributed by atoms with Crippen LogP contribution in [0.15, 0.2) is 90.3 Å². The largest absolute Gasteiger partial charge is 0.309 e. The molecule has 1 aliphatic carbocycles. The SMILES string of the molecule is CC1C=C(n2c3ccccc3c3cccc(-c4cccc5ccsc45)c32)C=CC1. The fraction of sp³-hybridized carbons (Fsp3) is 0.111. The fourth-order valence-electron chi connectivity index (χ4n) is 4.68. The number of fused-ring (bicyclic) bond motifs is 4. The molecule has 0 bridgehead atoms. The van der Waals surface area contributed by atoms with Crippen molar-refractivity contribution in [2.24, 2.45) is 5.92 Å². The molecule has 0 spiro atoms. The Morgan fingerprint density at radius 3 is 2.62 bits per heavy atom. The zero-order valence-electron chi connectivity index (χ0n) is 16.3. The van der Waals surface area contributed by atoms with E-state index in [0.29, 0.717) is 5.92 Å². The topological polar surface area (TPSA) is 4.93 Å². The van der Waals surface area contributed by atoms with Crippen molar-refractivity contribution in [1.82, 2.24) is 4.57 Å². The number of benzene rings is 3. The van der Waals surface area contributed by atoms with Gasteiger partial charge in [-0.05, 0) is 41.3 Å². The second kappa shape index (κ2) is 6.47. The standard InChI is InChI=1S/C27H21NS/c1-18-7-4-9-20(17-18)28-25-14-3-2-10-21(25)22-11-6-12-23(26(22)28)24-13-5-8-19-15-16-29-27(19)24/h2-6,8-18H,7H2,1H3. The molecule has 0 amide bonds. The van der Waals surface area contributed by atoms with Gasteiger partial charge in [-0.1, -0.05) is 73.7 Å². The van der Waals surface area contributed by atoms with Crippen LogP contribution in [-0.4, -0.2) is 4.57 Å². The molecular formula is C27H21NS. The lowest BCUT2D eigenvalue weighted by atomic mass is 9.99. The molecule has 6 rings (SSSR count). The normalized spacial score (nSPS) is 16.7. The summed E-state index contributed by atoms with van der Waals surface area (Å²) in [5, 5.41) is 6.14. The number of allylic oxidation sites excluding steroid dienone is 4. The van der Waals surface area contributed by atoms with Crippen molar-refractivity contribution >= 4 is 48.9 Å². The summed E-state index contributed by atoms with van der Waals surface area (Å²) in [7, 11) is 0. The maximum Gasteiger partial charge on any atom is 0.0619 e. The van der Waals surface area contributed by atoms with Crippen molar-refractivity contribution < 1.29 is 0 Å². The van der Waals surface area contributed by atoms with Gasteiger partial charge in [0.25, 0.3) is 0 Å². The fourth-order valence-corrected chi connectivity index (χ4v) is 5.60. The van der Waals surface area contributed by atoms with Crippen LogP contribution in [0.5, 0.6) is 0 Å². The molecule has 0 N–H and O–H groups in total. The number of hydrogen-bond acceptors (Lipinski definition) is 1. The van der Waals surface area contributed by atoms with Crippen LogP contribution >= 0.6 is 11.3 Å². The lowest BCUT2D eigenvalue weighted by molar-refractivity contribution is 0.735. The lowest BCUT2D eigenvalue weighted by Crippen LogP contribution is -2.02. The Balaban J connectivity index is 1.79. The minimum Gasteiger partial charge on any atom is -0.309 e. The summed E-state index contributed by atoms with van der Waals surface area (Å²) < 4.78 is 3.83. The van der Waals surface area contributed by atoms with Crippen LogP contribution in [-0.2, 0) is 0 Å². The van der Waals surface area contributed by atoms with Gasteiger partial charge in [0.1, 0.15) is 0 Å². The molecule has 2 aromatic heterocycles. The highest BCUT2D eigenvalue weighted by atomic mass is 32.1. The zero-order chi connectivity index (χ0) is 19.4. The number of rotatable bonds is 2. The van der Waals surface area contributed by atoms with Crippen molar-refractivity contribution in [3.05, 3.63) is 90.3 Å². The van der Waals surface area contributed by atoms with Crippen LogP contribution in [0, 0.1) is 5.92 Å². The van der Waals surface area contributed by atoms with Gasteiger partial charge in [0, 0.05) is 32.3 Å². The third-order valence-corrected chi connectivity index (χ3v) is 6.94. The molecule has 2 heteroatoms. The first-order chi connectivity index (χ1) is 14.3. The molecule has 29 heavy (non-hydrogen) atoms. The second-order valence-electron chi connectivity index (χ2n) is 7.91. The van der Waals surface area contributed by atoms with Gasteiger partial charge in [0.2, 0.25) is 0 Å². The summed E-state index contributed by atoms with van der Waals surface area (Å²) in [5.41, 5.74) is 6.48. The Kier molecular flexibility index (Phi) is 3.75. The first kappa shape index (κ1) is 16.8. The average molecular weight is 392 g/mol. The van der Waals surface area contributed by atoms with Crippen molar-refractivity contribution in [1.29, 1.82) is 0 Å². The minimum atomic E-state index is 0.555. The van der Waals surface area contributed by atoms with Gasteiger partial charge in [-0.25, -0.2) is 0 Å². The summed E-state index contributed by atoms with van der Waals surface area (Å²) in [5.74, 6) is 0.555. The minimum absolute atomic E-state index is 0.555. The van der Waals surface area contributed by atoms with Crippen molar-refractivity contribution in [3.63, 3.8) is 0 Å². The molecule has 5 aromatic rings. The van der Waals surface area contributed by atoms with Crippen molar-refractivity contribution in [2.75, 3.05) is 0 Å². The quantitative estimate of drug-likeness (QED) is 0.286. The predicted molar refractivity (Wildman–Crippen MR) is 127 cm³/mol. The molecule has 1 aliphatic rings. The Labute approximate surface area is 174 Å². The summed E-state index contributed by atoms with van der Waals surface area (Å²) in [6.45, 7) is 2.30. The van der Waals surface area contributed by atoms with Crippen LogP contribution in [0.25, 0.3) is 48.7 Å². The molecule has 0 saturated heterocycles. The van der Waals surface area contributed by atoms with Gasteiger partial charge in [-0.3, -0.25) is 0 Å². The maximum atomic E-state index is 2.47. The van der Waals surface area contributed by atoms with Crippen molar-refractivity contribution in [3.8, 4) is 11.1 Å². The molecule has 0 radical (unpaired) electrons. The first-order valence-corrected chi connectivity index (χ1v) is 11.1. The van der Waals surface area contributed by atoms with E-state index in [1.54, 1.807) is 0 Å². The summed E-state index contributed by atoms with van der Waals surface area (Å²) >= 11 is 1.83. The van der Waals surface area contributed by atoms with Crippen molar-refractivity contribution in [2.45, 2.75) is 13.3 Å². The van der Waals surface area contributed by atoms with E-state index in [1.807, 2.05) is 11.3 Å². The summed E-state index contributed by atoms with van der Waals surface area (Å²) in [6.07, 6.45) is 8.12. The van der Waals surface area contributed by atoms with E-state index in [9.17, 15) is 0 Å². The second-order valence-corrected chi connectivity index (χ2v) is 8.82. The Hall–Kier alpha value is -3.10. The van der Waals surface area contributed by atoms with Crippen LogP contribution < -0.4 is 0 Å². The van der Waals surface area contributed by atoms with E-state index in [2.05, 4.69) is 102 Å². The number of thiophene rings is 1. The molecule has 3 aromatic carbocycles. The highest BCUT2D eigenvalue weighted by Gasteiger charge is 2.19. The highest BCUT2D eigenvalue weighted by molar-refractivity contribution is 7.17.